The predicted octanol–water partition coefficient (Wildman–Crippen LogP) is 6.05. The van der Waals surface area contributed by atoms with Gasteiger partial charge in [-0.2, -0.15) is 0 Å². The summed E-state index contributed by atoms with van der Waals surface area (Å²) in [6.45, 7) is 0. The molecule has 3 aromatic heterocycles. The monoisotopic (exact) mass is 475 g/mol. The maximum atomic E-state index is 15.9. The molecule has 0 N–H and O–H groups in total. The van der Waals surface area contributed by atoms with Crippen molar-refractivity contribution < 1.29 is 4.39 Å². The van der Waals surface area contributed by atoms with Crippen LogP contribution in [0.4, 0.5) is 50.7 Å². The summed E-state index contributed by atoms with van der Waals surface area (Å²) in [5.74, 6) is 3.49. The van der Waals surface area contributed by atoms with Crippen LogP contribution in [0.5, 0.6) is 0 Å². The molecule has 1 aliphatic rings. The number of anilines is 8. The van der Waals surface area contributed by atoms with Crippen molar-refractivity contribution in [2.75, 3.05) is 47.8 Å². The van der Waals surface area contributed by atoms with Crippen LogP contribution in [-0.2, 0) is 0 Å². The van der Waals surface area contributed by atoms with Gasteiger partial charge in [-0.25, -0.2) is 19.3 Å². The van der Waals surface area contributed by atoms with E-state index in [4.69, 9.17) is 26.6 Å². The minimum absolute atomic E-state index is 0.308. The molecule has 0 fully saturated rings. The summed E-state index contributed by atoms with van der Waals surface area (Å²) in [6, 6.07) is 20.2. The zero-order valence-electron chi connectivity index (χ0n) is 19.2. The summed E-state index contributed by atoms with van der Waals surface area (Å²) in [5.41, 5.74) is 0.615. The van der Waals surface area contributed by atoms with Gasteiger partial charge in [-0.3, -0.25) is 0 Å². The average Bonchev–Trinajstić information content (AvgIpc) is 2.87. The molecule has 0 unspecified atom stereocenters. The van der Waals surface area contributed by atoms with E-state index in [0.29, 0.717) is 51.3 Å². The van der Waals surface area contributed by atoms with E-state index in [1.54, 1.807) is 36.0 Å². The fourth-order valence-electron chi connectivity index (χ4n) is 3.89. The average molecular weight is 476 g/mol. The minimum Gasteiger partial charge on any atom is -0.327 e. The standard InChI is InChI=1S/C25H23ClFN7/c1-31-17-14-16(26)15-18(25(17)27)32(2)20-9-6-11-22(29-20)34(4)24-13-7-12-23(30-24)33(3)21-10-5-8-19(31)28-21/h5-15H,1-4H3. The van der Waals surface area contributed by atoms with Crippen molar-refractivity contribution in [1.82, 2.24) is 15.0 Å². The zero-order chi connectivity index (χ0) is 24.0. The van der Waals surface area contributed by atoms with Crippen LogP contribution in [0.3, 0.4) is 0 Å². The zero-order valence-corrected chi connectivity index (χ0v) is 20.0. The molecule has 7 nitrogen and oxygen atoms in total. The van der Waals surface area contributed by atoms with Crippen molar-refractivity contribution in [2.45, 2.75) is 0 Å². The SMILES string of the molecule is CN1c2cccc(n2)N(C)c2cccc(n2)N(C)c2cc(Cl)cc(c2F)N(C)c2cccc1n2. The third-order valence-corrected chi connectivity index (χ3v) is 6.16. The molecule has 0 aliphatic carbocycles. The highest BCUT2D eigenvalue weighted by Gasteiger charge is 2.21. The molecule has 0 atom stereocenters. The van der Waals surface area contributed by atoms with Crippen molar-refractivity contribution >= 4 is 57.9 Å². The van der Waals surface area contributed by atoms with Crippen LogP contribution in [0, 0.1) is 5.82 Å². The van der Waals surface area contributed by atoms with Gasteiger partial charge in [-0.15, -0.1) is 0 Å². The molecule has 9 heteroatoms. The fraction of sp³-hybridized carbons (Fsp3) is 0.160. The molecule has 0 spiro atoms. The lowest BCUT2D eigenvalue weighted by Gasteiger charge is -2.27. The number of nitrogens with zero attached hydrogens (tertiary/aromatic N) is 7. The maximum absolute atomic E-state index is 15.9. The maximum Gasteiger partial charge on any atom is 0.170 e. The highest BCUT2D eigenvalue weighted by Crippen LogP contribution is 2.38. The topological polar surface area (TPSA) is 51.6 Å². The molecule has 8 bridgehead atoms. The Balaban J connectivity index is 1.77. The molecule has 172 valence electrons. The van der Waals surface area contributed by atoms with E-state index in [9.17, 15) is 0 Å². The number of rotatable bonds is 0. The molecular formula is C25H23ClFN7. The summed E-state index contributed by atoms with van der Waals surface area (Å²) in [4.78, 5) is 21.5. The van der Waals surface area contributed by atoms with Gasteiger partial charge in [-0.05, 0) is 48.5 Å². The van der Waals surface area contributed by atoms with E-state index >= 15 is 4.39 Å². The second-order valence-corrected chi connectivity index (χ2v) is 8.49. The molecule has 0 saturated carbocycles. The number of pyridine rings is 3. The molecule has 5 rings (SSSR count). The normalized spacial score (nSPS) is 13.4. The van der Waals surface area contributed by atoms with Crippen LogP contribution in [-0.4, -0.2) is 43.1 Å². The molecule has 34 heavy (non-hydrogen) atoms. The third kappa shape index (κ3) is 3.76. The van der Waals surface area contributed by atoms with Gasteiger partial charge in [0.2, 0.25) is 0 Å². The fourth-order valence-corrected chi connectivity index (χ4v) is 4.09. The first-order valence-electron chi connectivity index (χ1n) is 10.7. The van der Waals surface area contributed by atoms with Crippen LogP contribution in [0.1, 0.15) is 0 Å². The van der Waals surface area contributed by atoms with E-state index in [1.807, 2.05) is 78.5 Å². The van der Waals surface area contributed by atoms with Crippen molar-refractivity contribution in [2.24, 2.45) is 0 Å². The van der Waals surface area contributed by atoms with Crippen LogP contribution in [0.2, 0.25) is 5.02 Å². The minimum atomic E-state index is -0.422. The molecular weight excluding hydrogens is 453 g/mol. The lowest BCUT2D eigenvalue weighted by atomic mass is 10.2. The van der Waals surface area contributed by atoms with Gasteiger partial charge >= 0.3 is 0 Å². The second-order valence-electron chi connectivity index (χ2n) is 8.06. The summed E-state index contributed by atoms with van der Waals surface area (Å²) < 4.78 is 15.9. The molecule has 4 heterocycles. The Hall–Kier alpha value is -3.91. The largest absolute Gasteiger partial charge is 0.327 e. The van der Waals surface area contributed by atoms with Gasteiger partial charge < -0.3 is 19.6 Å². The third-order valence-electron chi connectivity index (χ3n) is 5.94. The number of hydrogen-bond donors (Lipinski definition) is 0. The quantitative estimate of drug-likeness (QED) is 0.307. The number of benzene rings is 1. The number of fused-ring (bicyclic) bond motifs is 8. The number of aromatic nitrogens is 3. The summed E-state index contributed by atoms with van der Waals surface area (Å²) in [7, 11) is 7.32. The van der Waals surface area contributed by atoms with Crippen LogP contribution >= 0.6 is 11.6 Å². The van der Waals surface area contributed by atoms with Crippen LogP contribution in [0.25, 0.3) is 0 Å². The van der Waals surface area contributed by atoms with E-state index < -0.39 is 5.82 Å². The Morgan fingerprint density at radius 1 is 0.559 bits per heavy atom. The molecule has 1 aromatic carbocycles. The number of hydrogen-bond acceptors (Lipinski definition) is 7. The summed E-state index contributed by atoms with van der Waals surface area (Å²) >= 11 is 6.44. The van der Waals surface area contributed by atoms with E-state index in [0.717, 1.165) is 0 Å². The van der Waals surface area contributed by atoms with Crippen molar-refractivity contribution in [1.29, 1.82) is 0 Å². The van der Waals surface area contributed by atoms with Gasteiger partial charge in [0.1, 0.15) is 34.9 Å². The Bertz CT molecular complexity index is 1280. The predicted molar refractivity (Wildman–Crippen MR) is 136 cm³/mol. The second kappa shape index (κ2) is 8.46. The van der Waals surface area contributed by atoms with Gasteiger partial charge in [0, 0.05) is 33.2 Å². The van der Waals surface area contributed by atoms with E-state index in [1.165, 1.54) is 0 Å². The van der Waals surface area contributed by atoms with Gasteiger partial charge in [0.25, 0.3) is 0 Å². The van der Waals surface area contributed by atoms with E-state index in [2.05, 4.69) is 0 Å². The first-order valence-corrected chi connectivity index (χ1v) is 11.1. The van der Waals surface area contributed by atoms with Crippen LogP contribution < -0.4 is 19.6 Å². The van der Waals surface area contributed by atoms with Crippen molar-refractivity contribution in [3.8, 4) is 0 Å². The molecule has 0 amide bonds. The van der Waals surface area contributed by atoms with Crippen LogP contribution in [0.15, 0.2) is 66.7 Å². The smallest absolute Gasteiger partial charge is 0.170 e. The molecule has 1 aliphatic heterocycles. The summed E-state index contributed by atoms with van der Waals surface area (Å²) in [5, 5.41) is 0.409. The molecule has 4 aromatic rings. The van der Waals surface area contributed by atoms with E-state index in [-0.39, 0.29) is 0 Å². The Kier molecular flexibility index (Phi) is 5.45. The Morgan fingerprint density at radius 2 is 0.853 bits per heavy atom. The highest BCUT2D eigenvalue weighted by atomic mass is 35.5. The van der Waals surface area contributed by atoms with Gasteiger partial charge in [0.15, 0.2) is 5.82 Å². The van der Waals surface area contributed by atoms with Gasteiger partial charge in [-0.1, -0.05) is 29.8 Å². The van der Waals surface area contributed by atoms with Crippen molar-refractivity contribution in [3.63, 3.8) is 0 Å². The first-order chi connectivity index (χ1) is 16.3. The molecule has 0 radical (unpaired) electrons. The number of halogens is 2. The lowest BCUT2D eigenvalue weighted by Crippen LogP contribution is -2.21. The lowest BCUT2D eigenvalue weighted by molar-refractivity contribution is 0.627. The first kappa shape index (κ1) is 21.9. The van der Waals surface area contributed by atoms with Gasteiger partial charge in [0.05, 0.1) is 11.4 Å². The van der Waals surface area contributed by atoms with Crippen molar-refractivity contribution in [3.05, 3.63) is 77.6 Å². The summed E-state index contributed by atoms with van der Waals surface area (Å²) in [6.07, 6.45) is 0. The highest BCUT2D eigenvalue weighted by molar-refractivity contribution is 6.31. The Morgan fingerprint density at radius 3 is 1.18 bits per heavy atom. The Labute approximate surface area is 202 Å². The molecule has 0 saturated heterocycles.